The van der Waals surface area contributed by atoms with Gasteiger partial charge in [-0.05, 0) is 18.6 Å². The molecule has 1 aromatic heterocycles. The number of sulfone groups is 1. The van der Waals surface area contributed by atoms with Crippen LogP contribution < -0.4 is 5.32 Å². The molecule has 0 radical (unpaired) electrons. The van der Waals surface area contributed by atoms with E-state index in [1.165, 1.54) is 0 Å². The molecule has 2 aromatic rings. The van der Waals surface area contributed by atoms with Crippen LogP contribution in [-0.4, -0.2) is 30.0 Å². The van der Waals surface area contributed by atoms with Gasteiger partial charge in [-0.25, -0.2) is 18.4 Å². The average molecular weight is 340 g/mol. The molecule has 22 heavy (non-hydrogen) atoms. The van der Waals surface area contributed by atoms with Gasteiger partial charge in [-0.1, -0.05) is 36.7 Å². The highest BCUT2D eigenvalue weighted by molar-refractivity contribution is 7.91. The Kier molecular flexibility index (Phi) is 5.10. The summed E-state index contributed by atoms with van der Waals surface area (Å²) in [6, 6.07) is 8.72. The fourth-order valence-corrected chi connectivity index (χ4v) is 3.07. The second-order valence-corrected chi connectivity index (χ2v) is 6.90. The molecule has 0 saturated heterocycles. The Bertz CT molecular complexity index is 779. The third-order valence-electron chi connectivity index (χ3n) is 2.72. The first-order chi connectivity index (χ1) is 10.4. The number of hydrogen-bond donors (Lipinski definition) is 1. The molecule has 1 N–H and O–H groups in total. The van der Waals surface area contributed by atoms with Gasteiger partial charge in [0, 0.05) is 5.69 Å². The molecular formula is C14H14ClN3O3S. The predicted molar refractivity (Wildman–Crippen MR) is 83.8 cm³/mol. The van der Waals surface area contributed by atoms with Gasteiger partial charge in [0.05, 0.1) is 17.0 Å². The Morgan fingerprint density at radius 3 is 2.59 bits per heavy atom. The summed E-state index contributed by atoms with van der Waals surface area (Å²) < 4.78 is 24.0. The van der Waals surface area contributed by atoms with E-state index in [0.29, 0.717) is 12.1 Å². The van der Waals surface area contributed by atoms with Crippen molar-refractivity contribution in [3.05, 3.63) is 47.2 Å². The highest BCUT2D eigenvalue weighted by Crippen LogP contribution is 2.17. The van der Waals surface area contributed by atoms with E-state index in [1.807, 2.05) is 6.07 Å². The molecule has 1 heterocycles. The van der Waals surface area contributed by atoms with Crippen molar-refractivity contribution in [2.45, 2.75) is 18.5 Å². The maximum atomic E-state index is 12.2. The lowest BCUT2D eigenvalue weighted by Gasteiger charge is -2.07. The molecule has 0 aliphatic carbocycles. The lowest BCUT2D eigenvalue weighted by molar-refractivity contribution is 0.102. The molecule has 1 amide bonds. The summed E-state index contributed by atoms with van der Waals surface area (Å²) in [5.74, 6) is -0.680. The van der Waals surface area contributed by atoms with Crippen LogP contribution >= 0.6 is 11.6 Å². The van der Waals surface area contributed by atoms with E-state index in [9.17, 15) is 13.2 Å². The van der Waals surface area contributed by atoms with Crippen molar-refractivity contribution in [1.29, 1.82) is 0 Å². The molecule has 0 fully saturated rings. The van der Waals surface area contributed by atoms with Gasteiger partial charge in [0.25, 0.3) is 5.91 Å². The van der Waals surface area contributed by atoms with Crippen molar-refractivity contribution in [3.8, 4) is 0 Å². The molecule has 0 aliphatic heterocycles. The SMILES string of the molecule is CCCS(=O)(=O)c1ncc(Cl)c(C(=O)Nc2ccccc2)n1. The summed E-state index contributed by atoms with van der Waals surface area (Å²) in [6.07, 6.45) is 1.55. The summed E-state index contributed by atoms with van der Waals surface area (Å²) in [5.41, 5.74) is 0.385. The minimum atomic E-state index is -3.62. The standard InChI is InChI=1S/C14H14ClN3O3S/c1-2-8-22(20,21)14-16-9-11(15)12(18-14)13(19)17-10-6-4-3-5-7-10/h3-7,9H,2,8H2,1H3,(H,17,19). The second-order valence-electron chi connectivity index (χ2n) is 4.49. The number of aromatic nitrogens is 2. The zero-order valence-corrected chi connectivity index (χ0v) is 13.4. The number of rotatable bonds is 5. The van der Waals surface area contributed by atoms with Crippen LogP contribution in [0.3, 0.4) is 0 Å². The number of benzene rings is 1. The van der Waals surface area contributed by atoms with Gasteiger partial charge < -0.3 is 5.32 Å². The number of amides is 1. The van der Waals surface area contributed by atoms with Gasteiger partial charge in [0.2, 0.25) is 15.0 Å². The van der Waals surface area contributed by atoms with E-state index in [1.54, 1.807) is 31.2 Å². The number of nitrogens with zero attached hydrogens (tertiary/aromatic N) is 2. The van der Waals surface area contributed by atoms with Gasteiger partial charge in [-0.3, -0.25) is 4.79 Å². The number of carbonyl (C=O) groups is 1. The minimum absolute atomic E-state index is 0.0103. The Hall–Kier alpha value is -1.99. The largest absolute Gasteiger partial charge is 0.321 e. The smallest absolute Gasteiger partial charge is 0.275 e. The van der Waals surface area contributed by atoms with Crippen LogP contribution in [0.4, 0.5) is 5.69 Å². The van der Waals surface area contributed by atoms with Crippen LogP contribution in [0.15, 0.2) is 41.7 Å². The second kappa shape index (κ2) is 6.85. The molecule has 0 saturated carbocycles. The molecule has 0 unspecified atom stereocenters. The highest BCUT2D eigenvalue weighted by Gasteiger charge is 2.21. The predicted octanol–water partition coefficient (Wildman–Crippen LogP) is 2.57. The summed E-state index contributed by atoms with van der Waals surface area (Å²) in [6.45, 7) is 1.73. The molecule has 2 rings (SSSR count). The Balaban J connectivity index is 2.33. The first kappa shape index (κ1) is 16.4. The van der Waals surface area contributed by atoms with Gasteiger partial charge in [-0.15, -0.1) is 0 Å². The molecule has 0 bridgehead atoms. The van der Waals surface area contributed by atoms with Crippen molar-refractivity contribution in [2.24, 2.45) is 0 Å². The number of nitrogens with one attached hydrogen (secondary N) is 1. The number of halogens is 1. The topological polar surface area (TPSA) is 89.0 Å². The number of para-hydroxylation sites is 1. The summed E-state index contributed by atoms with van der Waals surface area (Å²) >= 11 is 5.90. The molecule has 0 atom stereocenters. The molecule has 0 spiro atoms. The van der Waals surface area contributed by atoms with Crippen LogP contribution in [0.25, 0.3) is 0 Å². The first-order valence-electron chi connectivity index (χ1n) is 6.55. The number of hydrogen-bond acceptors (Lipinski definition) is 5. The minimum Gasteiger partial charge on any atom is -0.321 e. The van der Waals surface area contributed by atoms with Crippen LogP contribution in [-0.2, 0) is 9.84 Å². The van der Waals surface area contributed by atoms with Gasteiger partial charge in [0.15, 0.2) is 5.69 Å². The fraction of sp³-hybridized carbons (Fsp3) is 0.214. The maximum Gasteiger partial charge on any atom is 0.275 e. The number of carbonyl (C=O) groups excluding carboxylic acids is 1. The third-order valence-corrected chi connectivity index (χ3v) is 4.70. The first-order valence-corrected chi connectivity index (χ1v) is 8.58. The highest BCUT2D eigenvalue weighted by atomic mass is 35.5. The van der Waals surface area contributed by atoms with E-state index >= 15 is 0 Å². The molecule has 1 aromatic carbocycles. The van der Waals surface area contributed by atoms with E-state index in [2.05, 4.69) is 15.3 Å². The van der Waals surface area contributed by atoms with E-state index < -0.39 is 20.9 Å². The molecule has 0 aliphatic rings. The summed E-state index contributed by atoms with van der Waals surface area (Å²) in [5, 5.41) is 2.20. The van der Waals surface area contributed by atoms with Crippen molar-refractivity contribution in [1.82, 2.24) is 9.97 Å². The van der Waals surface area contributed by atoms with Crippen molar-refractivity contribution in [3.63, 3.8) is 0 Å². The number of anilines is 1. The molecule has 6 nitrogen and oxygen atoms in total. The van der Waals surface area contributed by atoms with Gasteiger partial charge in [-0.2, -0.15) is 0 Å². The van der Waals surface area contributed by atoms with E-state index in [0.717, 1.165) is 6.20 Å². The Morgan fingerprint density at radius 2 is 1.95 bits per heavy atom. The lowest BCUT2D eigenvalue weighted by atomic mass is 10.3. The Labute approximate surface area is 133 Å². The fourth-order valence-electron chi connectivity index (χ4n) is 1.73. The maximum absolute atomic E-state index is 12.2. The summed E-state index contributed by atoms with van der Waals surface area (Å²) in [7, 11) is -3.62. The quantitative estimate of drug-likeness (QED) is 0.846. The molecule has 8 heteroatoms. The normalized spacial score (nSPS) is 11.2. The van der Waals surface area contributed by atoms with Crippen molar-refractivity contribution < 1.29 is 13.2 Å². The Morgan fingerprint density at radius 1 is 1.27 bits per heavy atom. The van der Waals surface area contributed by atoms with Crippen molar-refractivity contribution in [2.75, 3.05) is 11.1 Å². The monoisotopic (exact) mass is 339 g/mol. The van der Waals surface area contributed by atoms with Crippen LogP contribution in [0.1, 0.15) is 23.8 Å². The van der Waals surface area contributed by atoms with Crippen LogP contribution in [0, 0.1) is 0 Å². The van der Waals surface area contributed by atoms with Gasteiger partial charge >= 0.3 is 0 Å². The molecular weight excluding hydrogens is 326 g/mol. The average Bonchev–Trinajstić information content (AvgIpc) is 2.48. The summed E-state index contributed by atoms with van der Waals surface area (Å²) in [4.78, 5) is 19.7. The lowest BCUT2D eigenvalue weighted by Crippen LogP contribution is -2.18. The third kappa shape index (κ3) is 3.80. The molecule has 116 valence electrons. The van der Waals surface area contributed by atoms with E-state index in [4.69, 9.17) is 11.6 Å². The zero-order chi connectivity index (χ0) is 16.2. The van der Waals surface area contributed by atoms with Crippen LogP contribution in [0.2, 0.25) is 5.02 Å². The van der Waals surface area contributed by atoms with Crippen LogP contribution in [0.5, 0.6) is 0 Å². The van der Waals surface area contributed by atoms with E-state index in [-0.39, 0.29) is 16.5 Å². The van der Waals surface area contributed by atoms with Crippen molar-refractivity contribution >= 4 is 33.0 Å². The van der Waals surface area contributed by atoms with Gasteiger partial charge in [0.1, 0.15) is 0 Å². The zero-order valence-electron chi connectivity index (χ0n) is 11.8.